The minimum Gasteiger partial charge on any atom is -0.478 e. The number of thiophene rings is 1. The first-order valence-electron chi connectivity index (χ1n) is 6.39. The summed E-state index contributed by atoms with van der Waals surface area (Å²) in [5, 5.41) is 13.1. The molecule has 2 amide bonds. The second-order valence-corrected chi connectivity index (χ2v) is 5.26. The minimum absolute atomic E-state index is 0.158. The van der Waals surface area contributed by atoms with Gasteiger partial charge in [-0.1, -0.05) is 18.2 Å². The van der Waals surface area contributed by atoms with Crippen molar-refractivity contribution in [1.82, 2.24) is 4.90 Å². The van der Waals surface area contributed by atoms with Crippen LogP contribution in [0.25, 0.3) is 10.1 Å². The van der Waals surface area contributed by atoms with Gasteiger partial charge in [0, 0.05) is 23.2 Å². The van der Waals surface area contributed by atoms with E-state index in [9.17, 15) is 14.7 Å². The van der Waals surface area contributed by atoms with Crippen LogP contribution in [0.2, 0.25) is 0 Å². The van der Waals surface area contributed by atoms with Crippen molar-refractivity contribution < 1.29 is 14.7 Å². The van der Waals surface area contributed by atoms with Gasteiger partial charge in [-0.25, -0.2) is 9.59 Å². The molecule has 20 heavy (non-hydrogen) atoms. The van der Waals surface area contributed by atoms with Crippen LogP contribution >= 0.6 is 11.3 Å². The third-order valence-electron chi connectivity index (χ3n) is 3.08. The number of hydrogen-bond donors (Lipinski definition) is 2. The van der Waals surface area contributed by atoms with Crippen LogP contribution in [0.3, 0.4) is 0 Å². The third-order valence-corrected chi connectivity index (χ3v) is 4.17. The Morgan fingerprint density at radius 1 is 1.25 bits per heavy atom. The molecule has 6 heteroatoms. The first-order chi connectivity index (χ1) is 9.58. The van der Waals surface area contributed by atoms with Gasteiger partial charge in [0.1, 0.15) is 10.6 Å². The van der Waals surface area contributed by atoms with Crippen LogP contribution in [-0.4, -0.2) is 35.1 Å². The molecule has 0 radical (unpaired) electrons. The number of anilines is 1. The summed E-state index contributed by atoms with van der Waals surface area (Å²) in [7, 11) is 0. The van der Waals surface area contributed by atoms with Crippen LogP contribution in [-0.2, 0) is 0 Å². The van der Waals surface area contributed by atoms with Gasteiger partial charge in [-0.15, -0.1) is 11.3 Å². The van der Waals surface area contributed by atoms with E-state index < -0.39 is 5.97 Å². The Balaban J connectivity index is 2.41. The maximum atomic E-state index is 12.1. The summed E-state index contributed by atoms with van der Waals surface area (Å²) in [6, 6.07) is 6.96. The second-order valence-electron chi connectivity index (χ2n) is 4.21. The fourth-order valence-corrected chi connectivity index (χ4v) is 3.12. The summed E-state index contributed by atoms with van der Waals surface area (Å²) in [5.41, 5.74) is 0.158. The van der Waals surface area contributed by atoms with E-state index in [4.69, 9.17) is 0 Å². The van der Waals surface area contributed by atoms with E-state index in [1.807, 2.05) is 26.0 Å². The normalized spacial score (nSPS) is 10.5. The van der Waals surface area contributed by atoms with E-state index in [1.54, 1.807) is 17.0 Å². The number of rotatable bonds is 4. The standard InChI is InChI=1S/C14H16N2O3S/c1-3-16(4-2)14(19)15-12-11(13(17)18)9-7-5-6-8-10(9)20-12/h5-8H,3-4H2,1-2H3,(H,15,19)(H,17,18). The minimum atomic E-state index is -1.03. The molecule has 5 nitrogen and oxygen atoms in total. The largest absolute Gasteiger partial charge is 0.478 e. The molecule has 1 aromatic heterocycles. The number of carboxylic acid groups (broad SMARTS) is 1. The summed E-state index contributed by atoms with van der Waals surface area (Å²) in [5.74, 6) is -1.03. The summed E-state index contributed by atoms with van der Waals surface area (Å²) < 4.78 is 0.847. The SMILES string of the molecule is CCN(CC)C(=O)Nc1sc2ccccc2c1C(=O)O. The van der Waals surface area contributed by atoms with Gasteiger partial charge in [-0.3, -0.25) is 5.32 Å². The van der Waals surface area contributed by atoms with Gasteiger partial charge in [0.2, 0.25) is 0 Å². The summed E-state index contributed by atoms with van der Waals surface area (Å²) in [4.78, 5) is 25.1. The number of nitrogens with one attached hydrogen (secondary N) is 1. The Labute approximate surface area is 120 Å². The van der Waals surface area contributed by atoms with Crippen molar-refractivity contribution in [3.63, 3.8) is 0 Å². The number of hydrogen-bond acceptors (Lipinski definition) is 3. The van der Waals surface area contributed by atoms with E-state index in [0.29, 0.717) is 23.5 Å². The predicted octanol–water partition coefficient (Wildman–Crippen LogP) is 3.47. The van der Waals surface area contributed by atoms with E-state index in [-0.39, 0.29) is 11.6 Å². The quantitative estimate of drug-likeness (QED) is 0.906. The molecule has 106 valence electrons. The maximum Gasteiger partial charge on any atom is 0.339 e. The van der Waals surface area contributed by atoms with E-state index in [1.165, 1.54) is 11.3 Å². The molecule has 2 rings (SSSR count). The predicted molar refractivity (Wildman–Crippen MR) is 80.7 cm³/mol. The van der Waals surface area contributed by atoms with Crippen molar-refractivity contribution in [3.8, 4) is 0 Å². The summed E-state index contributed by atoms with van der Waals surface area (Å²) in [6.07, 6.45) is 0. The molecular formula is C14H16N2O3S. The molecule has 0 aliphatic carbocycles. The van der Waals surface area contributed by atoms with Crippen LogP contribution in [0.4, 0.5) is 9.80 Å². The Hall–Kier alpha value is -2.08. The molecule has 0 spiro atoms. The van der Waals surface area contributed by atoms with Crippen molar-refractivity contribution >= 4 is 38.4 Å². The number of carbonyl (C=O) groups is 2. The van der Waals surface area contributed by atoms with Crippen molar-refractivity contribution in [2.24, 2.45) is 0 Å². The van der Waals surface area contributed by atoms with Gasteiger partial charge in [-0.2, -0.15) is 0 Å². The van der Waals surface area contributed by atoms with Crippen molar-refractivity contribution in [3.05, 3.63) is 29.8 Å². The van der Waals surface area contributed by atoms with E-state index in [2.05, 4.69) is 5.32 Å². The smallest absolute Gasteiger partial charge is 0.339 e. The number of carboxylic acids is 1. The highest BCUT2D eigenvalue weighted by Crippen LogP contribution is 2.35. The second kappa shape index (κ2) is 5.92. The lowest BCUT2D eigenvalue weighted by atomic mass is 10.1. The number of nitrogens with zero attached hydrogens (tertiary/aromatic N) is 1. The molecule has 0 aliphatic heterocycles. The Bertz CT molecular complexity index is 647. The highest BCUT2D eigenvalue weighted by molar-refractivity contribution is 7.23. The average Bonchev–Trinajstić information content (AvgIpc) is 2.77. The average molecular weight is 292 g/mol. The lowest BCUT2D eigenvalue weighted by Gasteiger charge is -2.18. The Morgan fingerprint density at radius 2 is 1.90 bits per heavy atom. The molecule has 0 unspecified atom stereocenters. The Morgan fingerprint density at radius 3 is 2.50 bits per heavy atom. The van der Waals surface area contributed by atoms with E-state index in [0.717, 1.165) is 4.70 Å². The first-order valence-corrected chi connectivity index (χ1v) is 7.20. The highest BCUT2D eigenvalue weighted by atomic mass is 32.1. The van der Waals surface area contributed by atoms with Crippen molar-refractivity contribution in [1.29, 1.82) is 0 Å². The monoisotopic (exact) mass is 292 g/mol. The van der Waals surface area contributed by atoms with Crippen molar-refractivity contribution in [2.45, 2.75) is 13.8 Å². The molecule has 0 saturated carbocycles. The number of amides is 2. The number of urea groups is 1. The van der Waals surface area contributed by atoms with Gasteiger partial charge in [0.15, 0.2) is 0 Å². The van der Waals surface area contributed by atoms with Crippen LogP contribution in [0.15, 0.2) is 24.3 Å². The van der Waals surface area contributed by atoms with Gasteiger partial charge in [0.05, 0.1) is 0 Å². The van der Waals surface area contributed by atoms with Gasteiger partial charge in [0.25, 0.3) is 0 Å². The highest BCUT2D eigenvalue weighted by Gasteiger charge is 2.20. The molecule has 1 heterocycles. The molecule has 0 bridgehead atoms. The molecule has 1 aromatic carbocycles. The number of fused-ring (bicyclic) bond motifs is 1. The van der Waals surface area contributed by atoms with Gasteiger partial charge in [-0.05, 0) is 19.9 Å². The zero-order valence-corrected chi connectivity index (χ0v) is 12.2. The fourth-order valence-electron chi connectivity index (χ4n) is 2.03. The fraction of sp³-hybridized carbons (Fsp3) is 0.286. The zero-order valence-electron chi connectivity index (χ0n) is 11.3. The number of carbonyl (C=O) groups excluding carboxylic acids is 1. The van der Waals surface area contributed by atoms with Crippen molar-refractivity contribution in [2.75, 3.05) is 18.4 Å². The first kappa shape index (κ1) is 14.3. The van der Waals surface area contributed by atoms with Crippen LogP contribution < -0.4 is 5.32 Å². The van der Waals surface area contributed by atoms with Crippen LogP contribution in [0.1, 0.15) is 24.2 Å². The molecule has 0 saturated heterocycles. The lowest BCUT2D eigenvalue weighted by molar-refractivity contribution is 0.0700. The molecule has 2 aromatic rings. The van der Waals surface area contributed by atoms with Crippen LogP contribution in [0, 0.1) is 0 Å². The summed E-state index contributed by atoms with van der Waals surface area (Å²) >= 11 is 1.28. The molecule has 0 fully saturated rings. The zero-order chi connectivity index (χ0) is 14.7. The number of aromatic carboxylic acids is 1. The van der Waals surface area contributed by atoms with Gasteiger partial charge < -0.3 is 10.0 Å². The third kappa shape index (κ3) is 2.60. The molecular weight excluding hydrogens is 276 g/mol. The topological polar surface area (TPSA) is 69.6 Å². The Kier molecular flexibility index (Phi) is 4.24. The summed E-state index contributed by atoms with van der Waals surface area (Å²) in [6.45, 7) is 4.92. The lowest BCUT2D eigenvalue weighted by Crippen LogP contribution is -2.34. The van der Waals surface area contributed by atoms with E-state index >= 15 is 0 Å². The number of benzene rings is 1. The molecule has 0 atom stereocenters. The molecule has 2 N–H and O–H groups in total. The van der Waals surface area contributed by atoms with Gasteiger partial charge >= 0.3 is 12.0 Å². The maximum absolute atomic E-state index is 12.1. The van der Waals surface area contributed by atoms with Crippen LogP contribution in [0.5, 0.6) is 0 Å². The molecule has 0 aliphatic rings.